The van der Waals surface area contributed by atoms with Crippen LogP contribution in [0.3, 0.4) is 0 Å². The predicted molar refractivity (Wildman–Crippen MR) is 71.1 cm³/mol. The molecule has 0 spiro atoms. The van der Waals surface area contributed by atoms with Gasteiger partial charge < -0.3 is 14.2 Å². The summed E-state index contributed by atoms with van der Waals surface area (Å²) >= 11 is 0. The van der Waals surface area contributed by atoms with Crippen molar-refractivity contribution in [2.75, 3.05) is 0 Å². The number of hydrogen-bond acceptors (Lipinski definition) is 8. The Bertz CT molecular complexity index is 638. The molecule has 3 fully saturated rings. The van der Waals surface area contributed by atoms with Gasteiger partial charge in [0.25, 0.3) is 10.1 Å². The van der Waals surface area contributed by atoms with E-state index >= 15 is 0 Å². The zero-order chi connectivity index (χ0) is 16.2. The summed E-state index contributed by atoms with van der Waals surface area (Å²) in [6.07, 6.45) is -3.62. The molecule has 3 heterocycles. The standard InChI is InChI=1S/C13H16O8S/c1-5(2)12(14)18-6(3)13(15)20-9-7-4-8-10(19-7)11(9)21-22(8,16)17/h6-11H,1,4H2,2-3H3/t6?,7?,8?,9-,10?,11?/m0/s1. The molecule has 0 amide bonds. The largest absolute Gasteiger partial charge is 0.454 e. The molecule has 0 saturated carbocycles. The Balaban J connectivity index is 1.64. The van der Waals surface area contributed by atoms with Crippen LogP contribution >= 0.6 is 0 Å². The summed E-state index contributed by atoms with van der Waals surface area (Å²) in [6.45, 7) is 6.24. The molecule has 0 aromatic heterocycles. The predicted octanol–water partition coefficient (Wildman–Crippen LogP) is -0.326. The van der Waals surface area contributed by atoms with E-state index in [1.165, 1.54) is 13.8 Å². The van der Waals surface area contributed by atoms with Crippen LogP contribution in [0.25, 0.3) is 0 Å². The lowest BCUT2D eigenvalue weighted by atomic mass is 9.94. The van der Waals surface area contributed by atoms with Crippen molar-refractivity contribution >= 4 is 22.1 Å². The van der Waals surface area contributed by atoms with Crippen LogP contribution in [0.4, 0.5) is 0 Å². The lowest BCUT2D eigenvalue weighted by Crippen LogP contribution is -2.43. The Morgan fingerprint density at radius 1 is 1.32 bits per heavy atom. The summed E-state index contributed by atoms with van der Waals surface area (Å²) in [7, 11) is -3.66. The molecule has 0 N–H and O–H groups in total. The van der Waals surface area contributed by atoms with Gasteiger partial charge in [-0.05, 0) is 20.3 Å². The molecule has 3 saturated heterocycles. The van der Waals surface area contributed by atoms with E-state index in [1.54, 1.807) is 0 Å². The van der Waals surface area contributed by atoms with Gasteiger partial charge in [-0.3, -0.25) is 4.18 Å². The topological polar surface area (TPSA) is 105 Å². The first kappa shape index (κ1) is 15.4. The van der Waals surface area contributed by atoms with Gasteiger partial charge in [-0.1, -0.05) is 6.58 Å². The minimum Gasteiger partial charge on any atom is -0.454 e. The van der Waals surface area contributed by atoms with E-state index in [0.29, 0.717) is 0 Å². The van der Waals surface area contributed by atoms with Crippen molar-refractivity contribution in [2.24, 2.45) is 0 Å². The van der Waals surface area contributed by atoms with Gasteiger partial charge in [0, 0.05) is 5.57 Å². The second kappa shape index (κ2) is 5.04. The summed E-state index contributed by atoms with van der Waals surface area (Å²) in [4.78, 5) is 23.4. The van der Waals surface area contributed by atoms with Crippen LogP contribution in [-0.4, -0.2) is 56.1 Å². The monoisotopic (exact) mass is 332 g/mol. The fourth-order valence-corrected chi connectivity index (χ4v) is 4.55. The van der Waals surface area contributed by atoms with Crippen LogP contribution in [0.2, 0.25) is 0 Å². The van der Waals surface area contributed by atoms with Gasteiger partial charge in [0.2, 0.25) is 0 Å². The highest BCUT2D eigenvalue weighted by atomic mass is 32.2. The maximum Gasteiger partial charge on any atom is 0.347 e. The zero-order valence-electron chi connectivity index (χ0n) is 12.1. The van der Waals surface area contributed by atoms with Crippen molar-refractivity contribution in [2.45, 2.75) is 56.0 Å². The Hall–Kier alpha value is -1.45. The summed E-state index contributed by atoms with van der Waals surface area (Å²) in [5, 5.41) is -0.684. The molecule has 3 aliphatic rings. The molecule has 2 bridgehead atoms. The Morgan fingerprint density at radius 3 is 2.64 bits per heavy atom. The van der Waals surface area contributed by atoms with Crippen LogP contribution in [0.5, 0.6) is 0 Å². The minimum absolute atomic E-state index is 0.163. The van der Waals surface area contributed by atoms with E-state index in [4.69, 9.17) is 18.4 Å². The third kappa shape index (κ3) is 2.33. The fraction of sp³-hybridized carbons (Fsp3) is 0.692. The van der Waals surface area contributed by atoms with Gasteiger partial charge in [0.15, 0.2) is 12.2 Å². The molecule has 6 atom stereocenters. The quantitative estimate of drug-likeness (QED) is 0.392. The van der Waals surface area contributed by atoms with Crippen LogP contribution in [0.15, 0.2) is 12.2 Å². The van der Waals surface area contributed by atoms with Crippen molar-refractivity contribution < 1.29 is 36.4 Å². The van der Waals surface area contributed by atoms with Crippen LogP contribution in [0.1, 0.15) is 20.3 Å². The molecule has 0 aliphatic carbocycles. The highest BCUT2D eigenvalue weighted by Crippen LogP contribution is 2.47. The molecule has 3 rings (SSSR count). The van der Waals surface area contributed by atoms with E-state index < -0.39 is 57.8 Å². The summed E-state index contributed by atoms with van der Waals surface area (Å²) < 4.78 is 44.1. The Kier molecular flexibility index (Phi) is 3.54. The smallest absolute Gasteiger partial charge is 0.347 e. The minimum atomic E-state index is -3.66. The number of carbonyl (C=O) groups excluding carboxylic acids is 2. The SMILES string of the molecule is C=C(C)C(=O)OC(C)C(=O)O[C@H]1C2CC3C(O2)C1OS3(=O)=O. The molecule has 22 heavy (non-hydrogen) atoms. The molecule has 0 aromatic rings. The molecular weight excluding hydrogens is 316 g/mol. The van der Waals surface area contributed by atoms with E-state index in [2.05, 4.69) is 6.58 Å². The van der Waals surface area contributed by atoms with Gasteiger partial charge in [-0.15, -0.1) is 0 Å². The Morgan fingerprint density at radius 2 is 2.00 bits per heavy atom. The average Bonchev–Trinajstić information content (AvgIpc) is 3.02. The van der Waals surface area contributed by atoms with E-state index in [1.807, 2.05) is 0 Å². The molecule has 3 aliphatic heterocycles. The third-order valence-electron chi connectivity index (χ3n) is 4.01. The summed E-state index contributed by atoms with van der Waals surface area (Å²) in [6, 6.07) is 0. The van der Waals surface area contributed by atoms with Gasteiger partial charge >= 0.3 is 11.9 Å². The normalized spacial score (nSPS) is 38.5. The van der Waals surface area contributed by atoms with Crippen LogP contribution in [0, 0.1) is 0 Å². The number of esters is 2. The van der Waals surface area contributed by atoms with Gasteiger partial charge in [-0.25, -0.2) is 9.59 Å². The number of fused-ring (bicyclic) bond motifs is 1. The van der Waals surface area contributed by atoms with Gasteiger partial charge in [0.1, 0.15) is 17.5 Å². The number of carbonyl (C=O) groups is 2. The maximum absolute atomic E-state index is 12.0. The lowest BCUT2D eigenvalue weighted by molar-refractivity contribution is -0.172. The van der Waals surface area contributed by atoms with Crippen molar-refractivity contribution in [3.05, 3.63) is 12.2 Å². The molecule has 0 radical (unpaired) electrons. The summed E-state index contributed by atoms with van der Waals surface area (Å²) in [5.74, 6) is -1.48. The maximum atomic E-state index is 12.0. The van der Waals surface area contributed by atoms with Crippen molar-refractivity contribution in [3.63, 3.8) is 0 Å². The first-order valence-electron chi connectivity index (χ1n) is 6.85. The number of rotatable bonds is 4. The molecule has 122 valence electrons. The van der Waals surface area contributed by atoms with Crippen molar-refractivity contribution in [1.29, 1.82) is 0 Å². The van der Waals surface area contributed by atoms with Crippen LogP contribution < -0.4 is 0 Å². The highest BCUT2D eigenvalue weighted by Gasteiger charge is 2.67. The fourth-order valence-electron chi connectivity index (χ4n) is 2.91. The first-order chi connectivity index (χ1) is 10.2. The van der Waals surface area contributed by atoms with Gasteiger partial charge in [-0.2, -0.15) is 8.42 Å². The number of hydrogen-bond donors (Lipinski definition) is 0. The zero-order valence-corrected chi connectivity index (χ0v) is 12.9. The first-order valence-corrected chi connectivity index (χ1v) is 8.32. The average molecular weight is 332 g/mol. The lowest BCUT2D eigenvalue weighted by Gasteiger charge is -2.23. The summed E-state index contributed by atoms with van der Waals surface area (Å²) in [5.41, 5.74) is 0.163. The molecular formula is C13H16O8S. The van der Waals surface area contributed by atoms with Gasteiger partial charge in [0.05, 0.1) is 6.10 Å². The van der Waals surface area contributed by atoms with Crippen molar-refractivity contribution in [3.8, 4) is 0 Å². The van der Waals surface area contributed by atoms with Crippen LogP contribution in [-0.2, 0) is 38.1 Å². The third-order valence-corrected chi connectivity index (χ3v) is 5.70. The van der Waals surface area contributed by atoms with E-state index in [0.717, 1.165) is 0 Å². The second-order valence-corrected chi connectivity index (χ2v) is 7.48. The molecule has 9 heteroatoms. The molecule has 8 nitrogen and oxygen atoms in total. The highest BCUT2D eigenvalue weighted by molar-refractivity contribution is 7.87. The molecule has 0 aromatic carbocycles. The number of ether oxygens (including phenoxy) is 3. The Labute approximate surface area is 127 Å². The second-order valence-electron chi connectivity index (χ2n) is 5.70. The van der Waals surface area contributed by atoms with Crippen molar-refractivity contribution in [1.82, 2.24) is 0 Å². The van der Waals surface area contributed by atoms with E-state index in [-0.39, 0.29) is 12.0 Å². The van der Waals surface area contributed by atoms with E-state index in [9.17, 15) is 18.0 Å². The molecule has 5 unspecified atom stereocenters.